The van der Waals surface area contributed by atoms with Crippen molar-refractivity contribution in [2.24, 2.45) is 5.92 Å². The van der Waals surface area contributed by atoms with E-state index in [2.05, 4.69) is 27.4 Å². The van der Waals surface area contributed by atoms with E-state index in [1.807, 2.05) is 14.0 Å². The first kappa shape index (κ1) is 19.2. The molecule has 1 aliphatic carbocycles. The lowest BCUT2D eigenvalue weighted by Crippen LogP contribution is -2.50. The van der Waals surface area contributed by atoms with Crippen molar-refractivity contribution in [2.45, 2.75) is 64.5 Å². The zero-order chi connectivity index (χ0) is 17.5. The molecule has 6 heteroatoms. The highest BCUT2D eigenvalue weighted by atomic mass is 16.2. The number of carbonyl (C=O) groups excluding carboxylic acids is 2. The van der Waals surface area contributed by atoms with Gasteiger partial charge in [-0.25, -0.2) is 4.79 Å². The predicted octanol–water partition coefficient (Wildman–Crippen LogP) is 1.81. The van der Waals surface area contributed by atoms with E-state index in [4.69, 9.17) is 0 Å². The lowest BCUT2D eigenvalue weighted by Gasteiger charge is -2.42. The molecule has 1 saturated carbocycles. The number of nitrogens with zero attached hydrogens (tertiary/aromatic N) is 2. The van der Waals surface area contributed by atoms with Crippen LogP contribution in [-0.4, -0.2) is 67.0 Å². The van der Waals surface area contributed by atoms with Crippen molar-refractivity contribution in [1.82, 2.24) is 20.4 Å². The Morgan fingerprint density at radius 2 is 1.71 bits per heavy atom. The number of hydrogen-bond acceptors (Lipinski definition) is 4. The second kappa shape index (κ2) is 9.37. The molecule has 2 aliphatic rings. The molecule has 0 radical (unpaired) electrons. The van der Waals surface area contributed by atoms with E-state index >= 15 is 0 Å². The Bertz CT molecular complexity index is 413. The van der Waals surface area contributed by atoms with E-state index in [-0.39, 0.29) is 12.5 Å². The molecule has 3 amide bonds. The predicted molar refractivity (Wildman–Crippen MR) is 95.9 cm³/mol. The number of rotatable bonds is 5. The van der Waals surface area contributed by atoms with Gasteiger partial charge in [-0.2, -0.15) is 0 Å². The summed E-state index contributed by atoms with van der Waals surface area (Å²) < 4.78 is 0. The molecule has 1 aliphatic heterocycles. The van der Waals surface area contributed by atoms with Crippen LogP contribution in [0.25, 0.3) is 0 Å². The van der Waals surface area contributed by atoms with Gasteiger partial charge < -0.3 is 10.2 Å². The molecular formula is C18H34N4O2. The summed E-state index contributed by atoms with van der Waals surface area (Å²) in [5.41, 5.74) is 0. The minimum atomic E-state index is -0.405. The number of imide groups is 1. The molecule has 0 aromatic carbocycles. The van der Waals surface area contributed by atoms with Crippen LogP contribution in [0.3, 0.4) is 0 Å². The van der Waals surface area contributed by atoms with Gasteiger partial charge in [0.2, 0.25) is 5.91 Å². The lowest BCUT2D eigenvalue weighted by molar-refractivity contribution is -0.121. The Kier molecular flexibility index (Phi) is 7.49. The fourth-order valence-electron chi connectivity index (χ4n) is 4.03. The van der Waals surface area contributed by atoms with Gasteiger partial charge in [-0.05, 0) is 71.5 Å². The van der Waals surface area contributed by atoms with Gasteiger partial charge in [0.1, 0.15) is 0 Å². The topological polar surface area (TPSA) is 64.7 Å². The van der Waals surface area contributed by atoms with E-state index in [1.165, 1.54) is 25.7 Å². The first-order valence-electron chi connectivity index (χ1n) is 9.51. The van der Waals surface area contributed by atoms with Gasteiger partial charge in [0, 0.05) is 18.6 Å². The molecule has 0 unspecified atom stereocenters. The molecule has 0 bridgehead atoms. The third kappa shape index (κ3) is 5.74. The van der Waals surface area contributed by atoms with Gasteiger partial charge in [0.15, 0.2) is 0 Å². The maximum atomic E-state index is 11.9. The third-order valence-corrected chi connectivity index (χ3v) is 5.61. The summed E-state index contributed by atoms with van der Waals surface area (Å²) >= 11 is 0. The van der Waals surface area contributed by atoms with E-state index < -0.39 is 6.03 Å². The molecule has 6 nitrogen and oxygen atoms in total. The first-order chi connectivity index (χ1) is 11.5. The number of amides is 3. The van der Waals surface area contributed by atoms with Crippen molar-refractivity contribution in [3.63, 3.8) is 0 Å². The molecular weight excluding hydrogens is 304 g/mol. The van der Waals surface area contributed by atoms with E-state index in [0.29, 0.717) is 12.6 Å². The molecule has 138 valence electrons. The molecule has 24 heavy (non-hydrogen) atoms. The maximum Gasteiger partial charge on any atom is 0.321 e. The van der Waals surface area contributed by atoms with Crippen LogP contribution in [0.1, 0.15) is 52.4 Å². The SMILES string of the molecule is CCNC(=O)NC(=O)CN(C)C1CCN(C2CCC(C)CC2)CC1. The second-order valence-electron chi connectivity index (χ2n) is 7.50. The molecule has 2 rings (SSSR count). The molecule has 1 saturated heterocycles. The Balaban J connectivity index is 1.69. The summed E-state index contributed by atoms with van der Waals surface area (Å²) in [6.07, 6.45) is 7.64. The average Bonchev–Trinajstić information content (AvgIpc) is 2.55. The van der Waals surface area contributed by atoms with Crippen molar-refractivity contribution in [2.75, 3.05) is 33.2 Å². The van der Waals surface area contributed by atoms with Crippen LogP contribution in [0.15, 0.2) is 0 Å². The van der Waals surface area contributed by atoms with Gasteiger partial charge in [-0.15, -0.1) is 0 Å². The number of likely N-dealkylation sites (tertiary alicyclic amines) is 1. The van der Waals surface area contributed by atoms with Crippen LogP contribution >= 0.6 is 0 Å². The molecule has 2 N–H and O–H groups in total. The lowest BCUT2D eigenvalue weighted by atomic mass is 9.85. The maximum absolute atomic E-state index is 11.9. The Hall–Kier alpha value is -1.14. The monoisotopic (exact) mass is 338 g/mol. The van der Waals surface area contributed by atoms with Crippen LogP contribution in [0.5, 0.6) is 0 Å². The van der Waals surface area contributed by atoms with Crippen molar-refractivity contribution < 1.29 is 9.59 Å². The van der Waals surface area contributed by atoms with E-state index in [9.17, 15) is 9.59 Å². The number of nitrogens with one attached hydrogen (secondary N) is 2. The van der Waals surface area contributed by atoms with Crippen molar-refractivity contribution in [3.05, 3.63) is 0 Å². The highest BCUT2D eigenvalue weighted by molar-refractivity contribution is 5.95. The molecule has 0 atom stereocenters. The first-order valence-corrected chi connectivity index (χ1v) is 9.51. The van der Waals surface area contributed by atoms with Crippen LogP contribution in [-0.2, 0) is 4.79 Å². The largest absolute Gasteiger partial charge is 0.338 e. The van der Waals surface area contributed by atoms with Gasteiger partial charge in [0.25, 0.3) is 0 Å². The summed E-state index contributed by atoms with van der Waals surface area (Å²) in [6.45, 7) is 7.26. The zero-order valence-corrected chi connectivity index (χ0v) is 15.5. The molecule has 1 heterocycles. The van der Waals surface area contributed by atoms with Crippen LogP contribution in [0, 0.1) is 5.92 Å². The Labute approximate surface area is 146 Å². The van der Waals surface area contributed by atoms with Gasteiger partial charge >= 0.3 is 6.03 Å². The fourth-order valence-corrected chi connectivity index (χ4v) is 4.03. The van der Waals surface area contributed by atoms with Gasteiger partial charge in [-0.3, -0.25) is 15.0 Å². The highest BCUT2D eigenvalue weighted by Gasteiger charge is 2.29. The number of likely N-dealkylation sites (N-methyl/N-ethyl adjacent to an activating group) is 1. The summed E-state index contributed by atoms with van der Waals surface area (Å²) in [7, 11) is 1.99. The van der Waals surface area contributed by atoms with Crippen molar-refractivity contribution in [1.29, 1.82) is 0 Å². The number of hydrogen-bond donors (Lipinski definition) is 2. The van der Waals surface area contributed by atoms with E-state index in [1.54, 1.807) is 0 Å². The molecule has 0 aromatic heterocycles. The molecule has 0 spiro atoms. The summed E-state index contributed by atoms with van der Waals surface area (Å²) in [5, 5.41) is 4.95. The normalized spacial score (nSPS) is 26.3. The van der Waals surface area contributed by atoms with Gasteiger partial charge in [-0.1, -0.05) is 6.92 Å². The molecule has 2 fully saturated rings. The number of carbonyl (C=O) groups is 2. The Morgan fingerprint density at radius 1 is 1.08 bits per heavy atom. The van der Waals surface area contributed by atoms with Crippen molar-refractivity contribution in [3.8, 4) is 0 Å². The van der Waals surface area contributed by atoms with Crippen LogP contribution < -0.4 is 10.6 Å². The quantitative estimate of drug-likeness (QED) is 0.802. The minimum Gasteiger partial charge on any atom is -0.338 e. The standard InChI is InChI=1S/C18H34N4O2/c1-4-19-18(24)20-17(23)13-21(3)15-9-11-22(12-10-15)16-7-5-14(2)6-8-16/h14-16H,4-13H2,1-3H3,(H2,19,20,23,24). The average molecular weight is 338 g/mol. The summed E-state index contributed by atoms with van der Waals surface area (Å²) in [6, 6.07) is 0.800. The highest BCUT2D eigenvalue weighted by Crippen LogP contribution is 2.29. The second-order valence-corrected chi connectivity index (χ2v) is 7.50. The van der Waals surface area contributed by atoms with Gasteiger partial charge in [0.05, 0.1) is 6.54 Å². The zero-order valence-electron chi connectivity index (χ0n) is 15.5. The fraction of sp³-hybridized carbons (Fsp3) is 0.889. The number of piperidine rings is 1. The molecule has 0 aromatic rings. The minimum absolute atomic E-state index is 0.229. The van der Waals surface area contributed by atoms with Crippen LogP contribution in [0.4, 0.5) is 4.79 Å². The summed E-state index contributed by atoms with van der Waals surface area (Å²) in [5.74, 6) is 0.667. The van der Waals surface area contributed by atoms with E-state index in [0.717, 1.165) is 37.9 Å². The van der Waals surface area contributed by atoms with Crippen LogP contribution in [0.2, 0.25) is 0 Å². The number of urea groups is 1. The third-order valence-electron chi connectivity index (χ3n) is 5.61. The smallest absolute Gasteiger partial charge is 0.321 e. The summed E-state index contributed by atoms with van der Waals surface area (Å²) in [4.78, 5) is 28.0. The Morgan fingerprint density at radius 3 is 2.29 bits per heavy atom. The van der Waals surface area contributed by atoms with Crippen molar-refractivity contribution >= 4 is 11.9 Å².